The first-order valence-corrected chi connectivity index (χ1v) is 9.64. The van der Waals surface area contributed by atoms with Crippen molar-refractivity contribution in [2.24, 2.45) is 0 Å². The van der Waals surface area contributed by atoms with E-state index < -0.39 is 17.7 Å². The van der Waals surface area contributed by atoms with Crippen molar-refractivity contribution in [1.82, 2.24) is 0 Å². The van der Waals surface area contributed by atoms with E-state index in [0.717, 1.165) is 36.2 Å². The number of nitrogens with zero attached hydrogens (tertiary/aromatic N) is 1. The van der Waals surface area contributed by atoms with Crippen LogP contribution < -0.4 is 4.90 Å². The number of hydrogen-bond donors (Lipinski definition) is 1. The van der Waals surface area contributed by atoms with Crippen molar-refractivity contribution in [3.05, 3.63) is 65.2 Å². The number of alkyl halides is 3. The lowest BCUT2D eigenvalue weighted by atomic mass is 9.86. The molecule has 2 aromatic rings. The maximum Gasteiger partial charge on any atom is 0.416 e. The van der Waals surface area contributed by atoms with Crippen LogP contribution in [-0.2, 0) is 10.9 Å². The van der Waals surface area contributed by atoms with Crippen molar-refractivity contribution in [2.45, 2.75) is 37.9 Å². The summed E-state index contributed by atoms with van der Waals surface area (Å²) in [6.45, 7) is 3.72. The Morgan fingerprint density at radius 3 is 2.31 bits per heavy atom. The Hall–Kier alpha value is -2.54. The van der Waals surface area contributed by atoms with Crippen molar-refractivity contribution in [3.63, 3.8) is 0 Å². The highest BCUT2D eigenvalue weighted by atomic mass is 19.4. The largest absolute Gasteiger partial charge is 0.478 e. The summed E-state index contributed by atoms with van der Waals surface area (Å²) >= 11 is 0. The normalized spacial score (nSPS) is 19.9. The van der Waals surface area contributed by atoms with Gasteiger partial charge in [0, 0.05) is 24.8 Å². The number of anilines is 1. The van der Waals surface area contributed by atoms with Gasteiger partial charge >= 0.3 is 12.1 Å². The van der Waals surface area contributed by atoms with Crippen LogP contribution >= 0.6 is 0 Å². The minimum absolute atomic E-state index is 0.0920. The van der Waals surface area contributed by atoms with Gasteiger partial charge < -0.3 is 14.7 Å². The average Bonchev–Trinajstić information content (AvgIpc) is 2.71. The molecular weight excluding hydrogens is 383 g/mol. The second kappa shape index (κ2) is 8.86. The topological polar surface area (TPSA) is 49.8 Å². The lowest BCUT2D eigenvalue weighted by molar-refractivity contribution is -0.137. The molecule has 156 valence electrons. The van der Waals surface area contributed by atoms with Gasteiger partial charge in [0.25, 0.3) is 0 Å². The molecule has 0 saturated carbocycles. The van der Waals surface area contributed by atoms with E-state index >= 15 is 0 Å². The van der Waals surface area contributed by atoms with E-state index in [1.54, 1.807) is 36.4 Å². The smallest absolute Gasteiger partial charge is 0.416 e. The molecule has 3 rings (SSSR count). The average molecular weight is 407 g/mol. The van der Waals surface area contributed by atoms with E-state index in [0.29, 0.717) is 19.8 Å². The van der Waals surface area contributed by atoms with Gasteiger partial charge in [0.05, 0.1) is 23.8 Å². The minimum Gasteiger partial charge on any atom is -0.478 e. The summed E-state index contributed by atoms with van der Waals surface area (Å²) < 4.78 is 44.1. The van der Waals surface area contributed by atoms with Crippen LogP contribution in [0.4, 0.5) is 18.9 Å². The van der Waals surface area contributed by atoms with Crippen LogP contribution in [0.1, 0.15) is 47.2 Å². The fourth-order valence-electron chi connectivity index (χ4n) is 3.78. The first-order chi connectivity index (χ1) is 13.8. The fourth-order valence-corrected chi connectivity index (χ4v) is 3.78. The summed E-state index contributed by atoms with van der Waals surface area (Å²) in [6.07, 6.45) is -2.65. The van der Waals surface area contributed by atoms with Crippen LogP contribution in [0.25, 0.3) is 0 Å². The highest BCUT2D eigenvalue weighted by molar-refractivity contribution is 5.88. The molecule has 0 unspecified atom stereocenters. The number of hydrogen-bond acceptors (Lipinski definition) is 3. The van der Waals surface area contributed by atoms with Crippen LogP contribution in [0.5, 0.6) is 0 Å². The molecule has 1 saturated heterocycles. The van der Waals surface area contributed by atoms with E-state index in [1.807, 2.05) is 6.92 Å². The fraction of sp³-hybridized carbons (Fsp3) is 0.409. The zero-order valence-electron chi connectivity index (χ0n) is 16.2. The van der Waals surface area contributed by atoms with Crippen molar-refractivity contribution < 1.29 is 27.8 Å². The molecule has 0 aromatic heterocycles. The molecule has 1 aliphatic heterocycles. The van der Waals surface area contributed by atoms with Crippen molar-refractivity contribution >= 4 is 11.7 Å². The number of carboxylic acids is 1. The maximum atomic E-state index is 12.8. The zero-order chi connectivity index (χ0) is 21.0. The van der Waals surface area contributed by atoms with Gasteiger partial charge in [-0.15, -0.1) is 0 Å². The first kappa shape index (κ1) is 21.2. The molecule has 0 bridgehead atoms. The predicted octanol–water partition coefficient (Wildman–Crippen LogP) is 5.19. The van der Waals surface area contributed by atoms with Crippen LogP contribution in [0.2, 0.25) is 0 Å². The van der Waals surface area contributed by atoms with E-state index in [9.17, 15) is 18.0 Å². The number of carbonyl (C=O) groups is 1. The summed E-state index contributed by atoms with van der Waals surface area (Å²) in [5, 5.41) is 9.11. The van der Waals surface area contributed by atoms with Gasteiger partial charge in [0.15, 0.2) is 0 Å². The highest BCUT2D eigenvalue weighted by Gasteiger charge is 2.32. The van der Waals surface area contributed by atoms with Crippen molar-refractivity contribution in [2.75, 3.05) is 24.7 Å². The third kappa shape index (κ3) is 5.09. The van der Waals surface area contributed by atoms with Crippen LogP contribution in [-0.4, -0.2) is 36.9 Å². The van der Waals surface area contributed by atoms with Gasteiger partial charge in [-0.2, -0.15) is 13.2 Å². The number of piperidine rings is 1. The van der Waals surface area contributed by atoms with Crippen LogP contribution in [0.3, 0.4) is 0 Å². The Bertz CT molecular complexity index is 819. The zero-order valence-corrected chi connectivity index (χ0v) is 16.2. The molecule has 0 aliphatic carbocycles. The third-order valence-electron chi connectivity index (χ3n) is 5.38. The molecule has 7 heteroatoms. The number of carboxylic acid groups (broad SMARTS) is 1. The second-order valence-corrected chi connectivity index (χ2v) is 7.21. The van der Waals surface area contributed by atoms with Gasteiger partial charge in [0.2, 0.25) is 0 Å². The van der Waals surface area contributed by atoms with E-state index in [2.05, 4.69) is 4.90 Å². The predicted molar refractivity (Wildman–Crippen MR) is 104 cm³/mol. The molecule has 0 spiro atoms. The summed E-state index contributed by atoms with van der Waals surface area (Å²) in [5.74, 6) is -0.891. The summed E-state index contributed by atoms with van der Waals surface area (Å²) in [6, 6.07) is 12.2. The maximum absolute atomic E-state index is 12.8. The van der Waals surface area contributed by atoms with Crippen LogP contribution in [0.15, 0.2) is 48.5 Å². The molecule has 1 heterocycles. The Morgan fingerprint density at radius 2 is 1.76 bits per heavy atom. The standard InChI is InChI=1S/C22H24F3NO3/c1-2-29-14-20-12-7-17(15-3-8-18(9-4-15)22(23,24)25)13-26(20)19-10-5-16(6-11-19)21(27)28/h3-6,8-11,17,20H,2,7,12-14H2,1H3,(H,27,28)/t17-,20-/m0/s1. The van der Waals surface area contributed by atoms with E-state index in [1.165, 1.54) is 0 Å². The quantitative estimate of drug-likeness (QED) is 0.716. The lowest BCUT2D eigenvalue weighted by Crippen LogP contribution is -2.45. The Balaban J connectivity index is 1.81. The Labute approximate surface area is 167 Å². The Kier molecular flexibility index (Phi) is 6.47. The molecule has 29 heavy (non-hydrogen) atoms. The lowest BCUT2D eigenvalue weighted by Gasteiger charge is -2.41. The van der Waals surface area contributed by atoms with Gasteiger partial charge in [-0.1, -0.05) is 12.1 Å². The monoisotopic (exact) mass is 407 g/mol. The molecule has 2 atom stereocenters. The molecule has 0 radical (unpaired) electrons. The number of rotatable bonds is 6. The molecule has 2 aromatic carbocycles. The molecular formula is C22H24F3NO3. The minimum atomic E-state index is -4.34. The molecule has 1 fully saturated rings. The molecule has 0 amide bonds. The SMILES string of the molecule is CCOC[C@@H]1CC[C@H](c2ccc(C(F)(F)F)cc2)CN1c1ccc(C(=O)O)cc1. The number of benzene rings is 2. The number of halogens is 3. The molecule has 4 nitrogen and oxygen atoms in total. The third-order valence-corrected chi connectivity index (χ3v) is 5.38. The Morgan fingerprint density at radius 1 is 1.10 bits per heavy atom. The van der Waals surface area contributed by atoms with E-state index in [-0.39, 0.29) is 17.5 Å². The van der Waals surface area contributed by atoms with Crippen molar-refractivity contribution in [3.8, 4) is 0 Å². The molecule has 1 aliphatic rings. The number of aromatic carboxylic acids is 1. The van der Waals surface area contributed by atoms with Gasteiger partial charge in [-0.05, 0) is 61.7 Å². The van der Waals surface area contributed by atoms with Crippen LogP contribution in [0, 0.1) is 0 Å². The summed E-state index contributed by atoms with van der Waals surface area (Å²) in [5.41, 5.74) is 1.33. The highest BCUT2D eigenvalue weighted by Crippen LogP contribution is 2.35. The summed E-state index contributed by atoms with van der Waals surface area (Å²) in [4.78, 5) is 13.3. The summed E-state index contributed by atoms with van der Waals surface area (Å²) in [7, 11) is 0. The first-order valence-electron chi connectivity index (χ1n) is 9.64. The number of ether oxygens (including phenoxy) is 1. The molecule has 1 N–H and O–H groups in total. The van der Waals surface area contributed by atoms with Gasteiger partial charge in [0.1, 0.15) is 0 Å². The van der Waals surface area contributed by atoms with Crippen molar-refractivity contribution in [1.29, 1.82) is 0 Å². The second-order valence-electron chi connectivity index (χ2n) is 7.21. The van der Waals surface area contributed by atoms with E-state index in [4.69, 9.17) is 9.84 Å². The van der Waals surface area contributed by atoms with Gasteiger partial charge in [-0.3, -0.25) is 0 Å². The van der Waals surface area contributed by atoms with Gasteiger partial charge in [-0.25, -0.2) is 4.79 Å².